The molecule has 0 bridgehead atoms. The lowest BCUT2D eigenvalue weighted by atomic mass is 10.0. The summed E-state index contributed by atoms with van der Waals surface area (Å²) < 4.78 is 6.27. The van der Waals surface area contributed by atoms with Crippen LogP contribution in [0.2, 0.25) is 0 Å². The van der Waals surface area contributed by atoms with Crippen molar-refractivity contribution in [2.75, 3.05) is 0 Å². The van der Waals surface area contributed by atoms with Crippen LogP contribution in [0.15, 0.2) is 150 Å². The standard InChI is InChI=1S/C40H24N4O/c1-2-8-25(9-3-1)27-15-18-28(19-16-27)37-42-38(30-20-17-26-10-4-5-11-29(26)24-30)44-39(43-37)34-13-6-12-32-31(34)21-22-33-35-14-7-23-41-40(35)45-36(32)33/h1-24H. The lowest BCUT2D eigenvalue weighted by Gasteiger charge is -2.11. The molecule has 0 amide bonds. The molecule has 0 unspecified atom stereocenters. The number of benzene rings is 6. The molecule has 5 heteroatoms. The molecule has 5 nitrogen and oxygen atoms in total. The van der Waals surface area contributed by atoms with Gasteiger partial charge in [0.2, 0.25) is 5.71 Å². The van der Waals surface area contributed by atoms with Gasteiger partial charge in [0, 0.05) is 39.0 Å². The molecule has 0 fully saturated rings. The molecule has 0 N–H and O–H groups in total. The summed E-state index contributed by atoms with van der Waals surface area (Å²) in [5.41, 5.74) is 6.52. The van der Waals surface area contributed by atoms with Crippen molar-refractivity contribution in [3.05, 3.63) is 146 Å². The minimum atomic E-state index is 0.606. The van der Waals surface area contributed by atoms with Crippen LogP contribution in [0.5, 0.6) is 0 Å². The molecule has 0 saturated carbocycles. The molecule has 0 atom stereocenters. The second-order valence-electron chi connectivity index (χ2n) is 11.1. The molecule has 9 rings (SSSR count). The van der Waals surface area contributed by atoms with E-state index in [-0.39, 0.29) is 0 Å². The Hall–Kier alpha value is -6.20. The summed E-state index contributed by atoms with van der Waals surface area (Å²) >= 11 is 0. The maximum Gasteiger partial charge on any atom is 0.227 e. The van der Waals surface area contributed by atoms with Gasteiger partial charge in [-0.3, -0.25) is 0 Å². The third kappa shape index (κ3) is 4.33. The number of fused-ring (bicyclic) bond motifs is 6. The normalized spacial score (nSPS) is 11.6. The third-order valence-electron chi connectivity index (χ3n) is 8.41. The van der Waals surface area contributed by atoms with Crippen molar-refractivity contribution >= 4 is 43.6 Å². The smallest absolute Gasteiger partial charge is 0.227 e. The van der Waals surface area contributed by atoms with Crippen molar-refractivity contribution in [1.82, 2.24) is 19.9 Å². The predicted molar refractivity (Wildman–Crippen MR) is 182 cm³/mol. The van der Waals surface area contributed by atoms with Gasteiger partial charge in [-0.2, -0.15) is 0 Å². The maximum atomic E-state index is 6.27. The Labute approximate surface area is 258 Å². The summed E-state index contributed by atoms with van der Waals surface area (Å²) in [6.45, 7) is 0. The first-order chi connectivity index (χ1) is 22.3. The fourth-order valence-corrected chi connectivity index (χ4v) is 6.15. The van der Waals surface area contributed by atoms with Crippen LogP contribution >= 0.6 is 0 Å². The van der Waals surface area contributed by atoms with Gasteiger partial charge < -0.3 is 4.42 Å². The molecule has 0 radical (unpaired) electrons. The van der Waals surface area contributed by atoms with E-state index in [2.05, 4.69) is 120 Å². The van der Waals surface area contributed by atoms with Gasteiger partial charge in [-0.05, 0) is 51.6 Å². The van der Waals surface area contributed by atoms with Crippen LogP contribution in [-0.4, -0.2) is 19.9 Å². The van der Waals surface area contributed by atoms with E-state index in [0.29, 0.717) is 23.2 Å². The van der Waals surface area contributed by atoms with Gasteiger partial charge in [0.25, 0.3) is 0 Å². The van der Waals surface area contributed by atoms with E-state index in [9.17, 15) is 0 Å². The summed E-state index contributed by atoms with van der Waals surface area (Å²) in [5.74, 6) is 1.85. The van der Waals surface area contributed by atoms with Gasteiger partial charge in [-0.25, -0.2) is 19.9 Å². The zero-order chi connectivity index (χ0) is 29.7. The highest BCUT2D eigenvalue weighted by Crippen LogP contribution is 2.37. The molecule has 45 heavy (non-hydrogen) atoms. The van der Waals surface area contributed by atoms with Crippen LogP contribution in [0.1, 0.15) is 0 Å². The molecule has 0 saturated heterocycles. The molecular weight excluding hydrogens is 552 g/mol. The molecule has 0 aliphatic heterocycles. The lowest BCUT2D eigenvalue weighted by molar-refractivity contribution is 0.657. The van der Waals surface area contributed by atoms with E-state index in [1.54, 1.807) is 6.20 Å². The summed E-state index contributed by atoms with van der Waals surface area (Å²) in [4.78, 5) is 19.6. The van der Waals surface area contributed by atoms with E-state index >= 15 is 0 Å². The molecule has 6 aromatic carbocycles. The van der Waals surface area contributed by atoms with Gasteiger partial charge in [0.05, 0.1) is 0 Å². The molecule has 3 aromatic heterocycles. The highest BCUT2D eigenvalue weighted by molar-refractivity contribution is 6.16. The van der Waals surface area contributed by atoms with Crippen LogP contribution in [0.4, 0.5) is 0 Å². The van der Waals surface area contributed by atoms with Crippen molar-refractivity contribution in [3.8, 4) is 45.3 Å². The predicted octanol–water partition coefficient (Wildman–Crippen LogP) is 10.1. The van der Waals surface area contributed by atoms with Crippen LogP contribution in [0.25, 0.3) is 88.9 Å². The molecule has 3 heterocycles. The number of hydrogen-bond donors (Lipinski definition) is 0. The van der Waals surface area contributed by atoms with E-state index < -0.39 is 0 Å². The number of aromatic nitrogens is 4. The fourth-order valence-electron chi connectivity index (χ4n) is 6.15. The van der Waals surface area contributed by atoms with Crippen molar-refractivity contribution < 1.29 is 4.42 Å². The highest BCUT2D eigenvalue weighted by Gasteiger charge is 2.17. The Morgan fingerprint density at radius 1 is 0.400 bits per heavy atom. The largest absolute Gasteiger partial charge is 0.437 e. The van der Waals surface area contributed by atoms with Gasteiger partial charge in [-0.1, -0.05) is 115 Å². The minimum Gasteiger partial charge on any atom is -0.437 e. The lowest BCUT2D eigenvalue weighted by Crippen LogP contribution is -2.00. The van der Waals surface area contributed by atoms with Crippen LogP contribution in [0.3, 0.4) is 0 Å². The van der Waals surface area contributed by atoms with Gasteiger partial charge in [-0.15, -0.1) is 0 Å². The first kappa shape index (κ1) is 25.3. The number of hydrogen-bond acceptors (Lipinski definition) is 5. The maximum absolute atomic E-state index is 6.27. The average Bonchev–Trinajstić information content (AvgIpc) is 3.51. The fraction of sp³-hybridized carbons (Fsp3) is 0. The summed E-state index contributed by atoms with van der Waals surface area (Å²) in [6.07, 6.45) is 1.76. The van der Waals surface area contributed by atoms with Crippen LogP contribution in [0, 0.1) is 0 Å². The zero-order valence-electron chi connectivity index (χ0n) is 24.1. The Morgan fingerprint density at radius 2 is 1.04 bits per heavy atom. The number of pyridine rings is 1. The quantitative estimate of drug-likeness (QED) is 0.209. The number of nitrogens with zero attached hydrogens (tertiary/aromatic N) is 4. The average molecular weight is 577 g/mol. The SMILES string of the molecule is c1ccc(-c2ccc(-c3nc(-c4ccc5ccccc5c4)nc(-c4cccc5c4ccc4c6cccnc6oc54)n3)cc2)cc1. The summed E-state index contributed by atoms with van der Waals surface area (Å²) in [5, 5.41) is 6.34. The Bertz CT molecular complexity index is 2540. The van der Waals surface area contributed by atoms with Crippen molar-refractivity contribution in [2.45, 2.75) is 0 Å². The second kappa shape index (κ2) is 10.2. The van der Waals surface area contributed by atoms with Gasteiger partial charge in [0.1, 0.15) is 5.58 Å². The van der Waals surface area contributed by atoms with E-state index in [1.807, 2.05) is 24.3 Å². The summed E-state index contributed by atoms with van der Waals surface area (Å²) in [7, 11) is 0. The molecular formula is C40H24N4O. The third-order valence-corrected chi connectivity index (χ3v) is 8.41. The summed E-state index contributed by atoms with van der Waals surface area (Å²) in [6, 6.07) is 47.8. The van der Waals surface area contributed by atoms with E-state index in [1.165, 1.54) is 10.9 Å². The second-order valence-corrected chi connectivity index (χ2v) is 11.1. The van der Waals surface area contributed by atoms with Crippen molar-refractivity contribution in [3.63, 3.8) is 0 Å². The number of furan rings is 1. The van der Waals surface area contributed by atoms with E-state index in [4.69, 9.17) is 19.4 Å². The number of rotatable bonds is 4. The molecule has 0 spiro atoms. The zero-order valence-corrected chi connectivity index (χ0v) is 24.1. The van der Waals surface area contributed by atoms with Crippen molar-refractivity contribution in [1.29, 1.82) is 0 Å². The minimum absolute atomic E-state index is 0.606. The van der Waals surface area contributed by atoms with Crippen LogP contribution < -0.4 is 0 Å². The molecule has 210 valence electrons. The Kier molecular flexibility index (Phi) is 5.74. The van der Waals surface area contributed by atoms with E-state index in [0.717, 1.165) is 54.8 Å². The Balaban J connectivity index is 1.25. The monoisotopic (exact) mass is 576 g/mol. The topological polar surface area (TPSA) is 64.7 Å². The molecule has 0 aliphatic carbocycles. The molecule has 0 aliphatic rings. The first-order valence-electron chi connectivity index (χ1n) is 14.9. The highest BCUT2D eigenvalue weighted by atomic mass is 16.3. The van der Waals surface area contributed by atoms with Crippen LogP contribution in [-0.2, 0) is 0 Å². The Morgan fingerprint density at radius 3 is 1.91 bits per heavy atom. The first-order valence-corrected chi connectivity index (χ1v) is 14.9. The van der Waals surface area contributed by atoms with Gasteiger partial charge in [0.15, 0.2) is 17.5 Å². The van der Waals surface area contributed by atoms with Crippen molar-refractivity contribution in [2.24, 2.45) is 0 Å². The molecule has 9 aromatic rings. The van der Waals surface area contributed by atoms with Gasteiger partial charge >= 0.3 is 0 Å².